The van der Waals surface area contributed by atoms with Gasteiger partial charge in [0, 0.05) is 21.3 Å². The van der Waals surface area contributed by atoms with Gasteiger partial charge in [-0.3, -0.25) is 14.8 Å². The molecule has 0 saturated heterocycles. The van der Waals surface area contributed by atoms with Crippen LogP contribution in [0.5, 0.6) is 0 Å². The number of nitrogens with zero attached hydrogens (tertiary/aromatic N) is 2. The predicted octanol–water partition coefficient (Wildman–Crippen LogP) is 6.00. The van der Waals surface area contributed by atoms with E-state index in [0.29, 0.717) is 18.0 Å². The molecule has 5 rings (SSSR count). The monoisotopic (exact) mass is 519 g/mol. The SMILES string of the molecule is CCOC(=O)C1(c2cc3sc(C#Cc4cnn(C)c4NC(=O)O[C@H](C)c4ccccc4)cc3s2)CC1. The van der Waals surface area contributed by atoms with E-state index in [1.807, 2.05) is 50.2 Å². The first-order valence-corrected chi connectivity index (χ1v) is 13.3. The first-order chi connectivity index (χ1) is 17.4. The topological polar surface area (TPSA) is 82.5 Å². The van der Waals surface area contributed by atoms with Crippen LogP contribution < -0.4 is 5.32 Å². The van der Waals surface area contributed by atoms with Crippen LogP contribution in [0.15, 0.2) is 48.7 Å². The van der Waals surface area contributed by atoms with E-state index in [1.54, 1.807) is 40.6 Å². The third-order valence-electron chi connectivity index (χ3n) is 6.13. The molecule has 1 saturated carbocycles. The zero-order valence-electron chi connectivity index (χ0n) is 20.2. The summed E-state index contributed by atoms with van der Waals surface area (Å²) in [4.78, 5) is 26.9. The highest BCUT2D eigenvalue weighted by Gasteiger charge is 2.54. The number of aromatic nitrogens is 2. The fraction of sp³-hybridized carbons (Fsp3) is 0.296. The molecular weight excluding hydrogens is 494 g/mol. The van der Waals surface area contributed by atoms with Gasteiger partial charge in [0.05, 0.1) is 23.2 Å². The van der Waals surface area contributed by atoms with Gasteiger partial charge in [-0.1, -0.05) is 42.2 Å². The minimum absolute atomic E-state index is 0.118. The van der Waals surface area contributed by atoms with Crippen molar-refractivity contribution in [1.29, 1.82) is 0 Å². The number of carbonyl (C=O) groups excluding carboxylic acids is 2. The molecule has 1 fully saturated rings. The summed E-state index contributed by atoms with van der Waals surface area (Å²) in [6.45, 7) is 4.06. The van der Waals surface area contributed by atoms with Crippen molar-refractivity contribution in [2.24, 2.45) is 7.05 Å². The molecule has 3 heterocycles. The standard InChI is InChI=1S/C27H25N3O4S2/c1-4-33-25(31)27(12-13-27)23-15-22-21(36-23)14-20(35-22)11-10-19-16-28-30(3)24(19)29-26(32)34-17(2)18-8-6-5-7-9-18/h5-9,14-17H,4,12-13H2,1-3H3,(H,29,32)/t17-/m1/s1. The Morgan fingerprint density at radius 3 is 2.61 bits per heavy atom. The van der Waals surface area contributed by atoms with Gasteiger partial charge in [0.15, 0.2) is 0 Å². The Morgan fingerprint density at radius 1 is 1.17 bits per heavy atom. The maximum Gasteiger partial charge on any atom is 0.413 e. The Hall–Kier alpha value is -3.61. The van der Waals surface area contributed by atoms with Gasteiger partial charge < -0.3 is 9.47 Å². The third kappa shape index (κ3) is 4.74. The fourth-order valence-electron chi connectivity index (χ4n) is 3.96. The number of fused-ring (bicyclic) bond motifs is 1. The molecule has 1 atom stereocenters. The molecule has 0 unspecified atom stereocenters. The zero-order valence-corrected chi connectivity index (χ0v) is 21.8. The van der Waals surface area contributed by atoms with Crippen molar-refractivity contribution in [2.75, 3.05) is 11.9 Å². The quantitative estimate of drug-likeness (QED) is 0.250. The number of anilines is 1. The minimum Gasteiger partial charge on any atom is -0.465 e. The lowest BCUT2D eigenvalue weighted by Gasteiger charge is -2.14. The van der Waals surface area contributed by atoms with E-state index >= 15 is 0 Å². The van der Waals surface area contributed by atoms with Crippen LogP contribution in [0.3, 0.4) is 0 Å². The fourth-order valence-corrected chi connectivity index (χ4v) is 6.45. The number of nitrogens with one attached hydrogen (secondary N) is 1. The average molecular weight is 520 g/mol. The number of carbonyl (C=O) groups is 2. The van der Waals surface area contributed by atoms with Crippen molar-refractivity contribution in [3.8, 4) is 11.8 Å². The van der Waals surface area contributed by atoms with Crippen molar-refractivity contribution in [2.45, 2.75) is 38.2 Å². The van der Waals surface area contributed by atoms with Crippen molar-refractivity contribution < 1.29 is 19.1 Å². The van der Waals surface area contributed by atoms with Gasteiger partial charge in [0.1, 0.15) is 17.3 Å². The number of thiophene rings is 2. The van der Waals surface area contributed by atoms with Crippen molar-refractivity contribution in [3.63, 3.8) is 0 Å². The second kappa shape index (κ2) is 9.80. The molecular formula is C27H25N3O4S2. The van der Waals surface area contributed by atoms with Crippen molar-refractivity contribution in [1.82, 2.24) is 9.78 Å². The summed E-state index contributed by atoms with van der Waals surface area (Å²) >= 11 is 3.22. The number of hydrogen-bond donors (Lipinski definition) is 1. The molecule has 1 aromatic carbocycles. The van der Waals surface area contributed by atoms with Gasteiger partial charge >= 0.3 is 12.1 Å². The van der Waals surface area contributed by atoms with Crippen LogP contribution in [0.1, 0.15) is 53.7 Å². The summed E-state index contributed by atoms with van der Waals surface area (Å²) in [5, 5.41) is 7.00. The summed E-state index contributed by atoms with van der Waals surface area (Å²) in [6, 6.07) is 13.7. The molecule has 0 bridgehead atoms. The maximum atomic E-state index is 12.5. The molecule has 36 heavy (non-hydrogen) atoms. The van der Waals surface area contributed by atoms with Gasteiger partial charge in [-0.05, 0) is 44.4 Å². The largest absolute Gasteiger partial charge is 0.465 e. The Balaban J connectivity index is 1.29. The summed E-state index contributed by atoms with van der Waals surface area (Å²) in [6.07, 6.45) is 2.34. The second-order valence-electron chi connectivity index (χ2n) is 8.62. The lowest BCUT2D eigenvalue weighted by molar-refractivity contribution is -0.146. The minimum atomic E-state index is -0.572. The van der Waals surface area contributed by atoms with Crippen LogP contribution in [-0.4, -0.2) is 28.4 Å². The summed E-state index contributed by atoms with van der Waals surface area (Å²) < 4.78 is 14.6. The number of rotatable bonds is 6. The summed E-state index contributed by atoms with van der Waals surface area (Å²) in [5.74, 6) is 6.66. The molecule has 0 aliphatic heterocycles. The zero-order chi connectivity index (χ0) is 25.3. The first kappa shape index (κ1) is 24.1. The van der Waals surface area contributed by atoms with Crippen molar-refractivity contribution >= 4 is 50.0 Å². The molecule has 7 nitrogen and oxygen atoms in total. The molecule has 9 heteroatoms. The molecule has 184 valence electrons. The van der Waals surface area contributed by atoms with Crippen LogP contribution in [0.25, 0.3) is 9.40 Å². The highest BCUT2D eigenvalue weighted by atomic mass is 32.1. The van der Waals surface area contributed by atoms with Gasteiger partial charge in [0.25, 0.3) is 0 Å². The van der Waals surface area contributed by atoms with Crippen LogP contribution in [-0.2, 0) is 26.7 Å². The molecule has 1 aliphatic rings. The Bertz CT molecular complexity index is 1450. The van der Waals surface area contributed by atoms with Gasteiger partial charge in [0.2, 0.25) is 0 Å². The number of aryl methyl sites for hydroxylation is 1. The van der Waals surface area contributed by atoms with E-state index in [4.69, 9.17) is 9.47 Å². The van der Waals surface area contributed by atoms with E-state index in [0.717, 1.165) is 37.6 Å². The number of amides is 1. The summed E-state index contributed by atoms with van der Waals surface area (Å²) in [5.41, 5.74) is 1.06. The van der Waals surface area contributed by atoms with Crippen LogP contribution in [0.4, 0.5) is 10.6 Å². The molecule has 4 aromatic rings. The Labute approximate surface area is 217 Å². The average Bonchev–Trinajstić information content (AvgIpc) is 3.29. The van der Waals surface area contributed by atoms with E-state index in [-0.39, 0.29) is 5.97 Å². The number of benzene rings is 1. The third-order valence-corrected chi connectivity index (χ3v) is 8.54. The first-order valence-electron chi connectivity index (χ1n) is 11.7. The van der Waals surface area contributed by atoms with E-state index in [9.17, 15) is 9.59 Å². The maximum absolute atomic E-state index is 12.5. The van der Waals surface area contributed by atoms with Crippen LogP contribution in [0.2, 0.25) is 0 Å². The number of ether oxygens (including phenoxy) is 2. The normalized spacial score (nSPS) is 14.5. The van der Waals surface area contributed by atoms with Gasteiger partial charge in [-0.15, -0.1) is 22.7 Å². The predicted molar refractivity (Wildman–Crippen MR) is 141 cm³/mol. The lowest BCUT2D eigenvalue weighted by Crippen LogP contribution is -2.21. The second-order valence-corrected chi connectivity index (χ2v) is 10.8. The molecule has 1 amide bonds. The van der Waals surface area contributed by atoms with Gasteiger partial charge in [-0.25, -0.2) is 4.79 Å². The van der Waals surface area contributed by atoms with Gasteiger partial charge in [-0.2, -0.15) is 5.10 Å². The van der Waals surface area contributed by atoms with Crippen molar-refractivity contribution in [3.05, 3.63) is 69.5 Å². The number of esters is 1. The molecule has 1 aliphatic carbocycles. The lowest BCUT2D eigenvalue weighted by atomic mass is 10.1. The molecule has 0 spiro atoms. The molecule has 1 N–H and O–H groups in total. The highest BCUT2D eigenvalue weighted by molar-refractivity contribution is 7.28. The van der Waals surface area contributed by atoms with Crippen LogP contribution in [0, 0.1) is 11.8 Å². The molecule has 3 aromatic heterocycles. The molecule has 0 radical (unpaired) electrons. The van der Waals surface area contributed by atoms with E-state index in [2.05, 4.69) is 28.3 Å². The Kier molecular flexibility index (Phi) is 6.56. The van der Waals surface area contributed by atoms with E-state index in [1.165, 1.54) is 0 Å². The highest BCUT2D eigenvalue weighted by Crippen LogP contribution is 2.53. The van der Waals surface area contributed by atoms with Crippen LogP contribution >= 0.6 is 22.7 Å². The van der Waals surface area contributed by atoms with E-state index < -0.39 is 17.6 Å². The number of hydrogen-bond acceptors (Lipinski definition) is 7. The summed E-state index contributed by atoms with van der Waals surface area (Å²) in [7, 11) is 1.74. The Morgan fingerprint density at radius 2 is 1.92 bits per heavy atom. The smallest absolute Gasteiger partial charge is 0.413 e.